The van der Waals surface area contributed by atoms with Crippen molar-refractivity contribution in [2.24, 2.45) is 0 Å². The summed E-state index contributed by atoms with van der Waals surface area (Å²) in [5.41, 5.74) is 0.325. The number of hydrogen-bond acceptors (Lipinski definition) is 3. The number of amides is 1. The van der Waals surface area contributed by atoms with Crippen LogP contribution in [0.15, 0.2) is 42.5 Å². The molecule has 1 heterocycles. The van der Waals surface area contributed by atoms with Gasteiger partial charge in [0.2, 0.25) is 6.10 Å². The Balaban J connectivity index is 1.72. The van der Waals surface area contributed by atoms with Crippen molar-refractivity contribution in [3.63, 3.8) is 0 Å². The number of carbonyl (C=O) groups is 1. The minimum Gasteiger partial charge on any atom is -0.485 e. The highest BCUT2D eigenvalue weighted by atomic mass is 35.5. The van der Waals surface area contributed by atoms with E-state index in [0.717, 1.165) is 6.07 Å². The van der Waals surface area contributed by atoms with Crippen molar-refractivity contribution in [3.8, 4) is 11.5 Å². The Morgan fingerprint density at radius 2 is 2.00 bits per heavy atom. The third-order valence-corrected chi connectivity index (χ3v) is 3.30. The second-order valence-corrected chi connectivity index (χ2v) is 4.88. The standard InChI is InChI=1S/C15H11ClFNO3/c16-10-7-9(17)5-6-11(10)18-15(19)14-8-20-12-3-1-2-4-13(12)21-14/h1-7,14H,8H2,(H,18,19)/t14-/m1/s1. The molecule has 3 rings (SSSR count). The molecule has 0 aliphatic carbocycles. The first kappa shape index (κ1) is 13.7. The molecule has 1 aliphatic rings. The Hall–Kier alpha value is -2.27. The summed E-state index contributed by atoms with van der Waals surface area (Å²) in [6.07, 6.45) is -0.791. The van der Waals surface area contributed by atoms with Crippen molar-refractivity contribution < 1.29 is 18.7 Å². The fourth-order valence-corrected chi connectivity index (χ4v) is 2.17. The van der Waals surface area contributed by atoms with E-state index in [0.29, 0.717) is 17.2 Å². The van der Waals surface area contributed by atoms with Crippen LogP contribution in [0.25, 0.3) is 0 Å². The first-order valence-electron chi connectivity index (χ1n) is 6.28. The molecule has 108 valence electrons. The minimum atomic E-state index is -0.791. The predicted molar refractivity (Wildman–Crippen MR) is 76.4 cm³/mol. The summed E-state index contributed by atoms with van der Waals surface area (Å²) < 4.78 is 24.0. The van der Waals surface area contributed by atoms with E-state index in [4.69, 9.17) is 21.1 Å². The van der Waals surface area contributed by atoms with E-state index in [1.165, 1.54) is 12.1 Å². The Morgan fingerprint density at radius 1 is 1.24 bits per heavy atom. The third kappa shape index (κ3) is 2.92. The van der Waals surface area contributed by atoms with Gasteiger partial charge in [-0.3, -0.25) is 4.79 Å². The van der Waals surface area contributed by atoms with Gasteiger partial charge in [0.25, 0.3) is 5.91 Å². The number of ether oxygens (including phenoxy) is 2. The number of nitrogens with one attached hydrogen (secondary N) is 1. The second-order valence-electron chi connectivity index (χ2n) is 4.48. The van der Waals surface area contributed by atoms with Crippen molar-refractivity contribution in [2.75, 3.05) is 11.9 Å². The maximum atomic E-state index is 13.0. The van der Waals surface area contributed by atoms with E-state index in [1.54, 1.807) is 18.2 Å². The average molecular weight is 308 g/mol. The lowest BCUT2D eigenvalue weighted by Crippen LogP contribution is -2.40. The Morgan fingerprint density at radius 3 is 2.76 bits per heavy atom. The molecule has 0 fully saturated rings. The molecule has 1 N–H and O–H groups in total. The van der Waals surface area contributed by atoms with Crippen molar-refractivity contribution in [1.29, 1.82) is 0 Å². The van der Waals surface area contributed by atoms with Crippen LogP contribution in [-0.4, -0.2) is 18.6 Å². The van der Waals surface area contributed by atoms with Crippen LogP contribution >= 0.6 is 11.6 Å². The van der Waals surface area contributed by atoms with Crippen LogP contribution < -0.4 is 14.8 Å². The van der Waals surface area contributed by atoms with Crippen molar-refractivity contribution in [3.05, 3.63) is 53.3 Å². The Bertz CT molecular complexity index is 692. The zero-order valence-electron chi connectivity index (χ0n) is 10.8. The van der Waals surface area contributed by atoms with Crippen molar-refractivity contribution in [1.82, 2.24) is 0 Å². The molecule has 0 aromatic heterocycles. The van der Waals surface area contributed by atoms with Crippen molar-refractivity contribution >= 4 is 23.2 Å². The molecule has 0 spiro atoms. The quantitative estimate of drug-likeness (QED) is 0.926. The summed E-state index contributed by atoms with van der Waals surface area (Å²) in [5, 5.41) is 2.72. The van der Waals surface area contributed by atoms with Gasteiger partial charge in [-0.05, 0) is 30.3 Å². The lowest BCUT2D eigenvalue weighted by Gasteiger charge is -2.25. The van der Waals surface area contributed by atoms with Gasteiger partial charge >= 0.3 is 0 Å². The molecule has 0 bridgehead atoms. The summed E-state index contributed by atoms with van der Waals surface area (Å²) in [6.45, 7) is 0.0989. The van der Waals surface area contributed by atoms with Crippen LogP contribution in [0.5, 0.6) is 11.5 Å². The van der Waals surface area contributed by atoms with Crippen LogP contribution in [0.2, 0.25) is 5.02 Å². The number of rotatable bonds is 2. The molecule has 0 radical (unpaired) electrons. The fourth-order valence-electron chi connectivity index (χ4n) is 1.95. The average Bonchev–Trinajstić information content (AvgIpc) is 2.49. The molecule has 0 unspecified atom stereocenters. The number of anilines is 1. The normalized spacial score (nSPS) is 16.4. The van der Waals surface area contributed by atoms with E-state index in [2.05, 4.69) is 5.32 Å². The second kappa shape index (κ2) is 5.61. The van der Waals surface area contributed by atoms with Gasteiger partial charge in [-0.1, -0.05) is 23.7 Å². The van der Waals surface area contributed by atoms with E-state index in [1.807, 2.05) is 6.07 Å². The smallest absolute Gasteiger partial charge is 0.269 e. The summed E-state index contributed by atoms with van der Waals surface area (Å²) in [7, 11) is 0. The zero-order valence-corrected chi connectivity index (χ0v) is 11.6. The highest BCUT2D eigenvalue weighted by molar-refractivity contribution is 6.33. The van der Waals surface area contributed by atoms with Gasteiger partial charge in [0.05, 0.1) is 10.7 Å². The highest BCUT2D eigenvalue weighted by Gasteiger charge is 2.27. The lowest BCUT2D eigenvalue weighted by atomic mass is 10.2. The predicted octanol–water partition coefficient (Wildman–Crippen LogP) is 3.26. The molecule has 4 nitrogen and oxygen atoms in total. The number of halogens is 2. The van der Waals surface area contributed by atoms with Crippen LogP contribution in [0.1, 0.15) is 0 Å². The largest absolute Gasteiger partial charge is 0.485 e. The van der Waals surface area contributed by atoms with Gasteiger partial charge in [-0.15, -0.1) is 0 Å². The number of para-hydroxylation sites is 2. The van der Waals surface area contributed by atoms with Crippen LogP contribution in [0.3, 0.4) is 0 Å². The molecule has 1 atom stereocenters. The molecular formula is C15H11ClFNO3. The maximum Gasteiger partial charge on any atom is 0.269 e. The topological polar surface area (TPSA) is 47.6 Å². The van der Waals surface area contributed by atoms with Crippen LogP contribution in [-0.2, 0) is 4.79 Å². The van der Waals surface area contributed by atoms with Gasteiger partial charge in [-0.2, -0.15) is 0 Å². The summed E-state index contributed by atoms with van der Waals surface area (Å²) in [4.78, 5) is 12.1. The molecule has 6 heteroatoms. The van der Waals surface area contributed by atoms with E-state index < -0.39 is 17.8 Å². The number of benzene rings is 2. The van der Waals surface area contributed by atoms with Gasteiger partial charge in [0, 0.05) is 0 Å². The van der Waals surface area contributed by atoms with Crippen molar-refractivity contribution in [2.45, 2.75) is 6.10 Å². The van der Waals surface area contributed by atoms with Crippen LogP contribution in [0, 0.1) is 5.82 Å². The number of fused-ring (bicyclic) bond motifs is 1. The maximum absolute atomic E-state index is 13.0. The monoisotopic (exact) mass is 307 g/mol. The number of carbonyl (C=O) groups excluding carboxylic acids is 1. The van der Waals surface area contributed by atoms with E-state index in [9.17, 15) is 9.18 Å². The Kier molecular flexibility index (Phi) is 3.66. The van der Waals surface area contributed by atoms with E-state index >= 15 is 0 Å². The van der Waals surface area contributed by atoms with Crippen LogP contribution in [0.4, 0.5) is 10.1 Å². The zero-order chi connectivity index (χ0) is 14.8. The number of hydrogen-bond donors (Lipinski definition) is 1. The van der Waals surface area contributed by atoms with Gasteiger partial charge < -0.3 is 14.8 Å². The fraction of sp³-hybridized carbons (Fsp3) is 0.133. The summed E-state index contributed by atoms with van der Waals surface area (Å²) >= 11 is 5.87. The molecule has 2 aromatic rings. The third-order valence-electron chi connectivity index (χ3n) is 2.99. The summed E-state index contributed by atoms with van der Waals surface area (Å²) in [6, 6.07) is 10.8. The molecule has 21 heavy (non-hydrogen) atoms. The first-order chi connectivity index (χ1) is 10.1. The minimum absolute atomic E-state index is 0.0989. The molecule has 0 saturated carbocycles. The van der Waals surface area contributed by atoms with Gasteiger partial charge in [0.15, 0.2) is 11.5 Å². The van der Waals surface area contributed by atoms with Gasteiger partial charge in [-0.25, -0.2) is 4.39 Å². The molecule has 1 amide bonds. The summed E-state index contributed by atoms with van der Waals surface area (Å²) in [5.74, 6) is 0.234. The van der Waals surface area contributed by atoms with Gasteiger partial charge in [0.1, 0.15) is 12.4 Å². The molecular weight excluding hydrogens is 297 g/mol. The molecule has 1 aliphatic heterocycles. The molecule has 0 saturated heterocycles. The highest BCUT2D eigenvalue weighted by Crippen LogP contribution is 2.31. The first-order valence-corrected chi connectivity index (χ1v) is 6.65. The van der Waals surface area contributed by atoms with E-state index in [-0.39, 0.29) is 11.6 Å². The molecule has 2 aromatic carbocycles. The SMILES string of the molecule is O=C(Nc1ccc(F)cc1Cl)[C@H]1COc2ccccc2O1. The Labute approximate surface area is 125 Å². The lowest BCUT2D eigenvalue weighted by molar-refractivity contribution is -0.125.